The van der Waals surface area contributed by atoms with E-state index in [2.05, 4.69) is 76.2 Å². The molecule has 2 fully saturated rings. The number of likely N-dealkylation sites (tertiary alicyclic amines) is 1. The van der Waals surface area contributed by atoms with Crippen LogP contribution in [0.2, 0.25) is 0 Å². The van der Waals surface area contributed by atoms with E-state index in [9.17, 15) is 14.7 Å². The predicted molar refractivity (Wildman–Crippen MR) is 208 cm³/mol. The van der Waals surface area contributed by atoms with Crippen molar-refractivity contribution in [3.05, 3.63) is 76.1 Å². The van der Waals surface area contributed by atoms with Crippen molar-refractivity contribution in [2.75, 3.05) is 48.1 Å². The molecule has 4 bridgehead atoms. The molecule has 9 rings (SSSR count). The maximum absolute atomic E-state index is 14.4. The van der Waals surface area contributed by atoms with E-state index in [4.69, 9.17) is 14.2 Å². The van der Waals surface area contributed by atoms with Crippen LogP contribution in [0.25, 0.3) is 21.8 Å². The highest BCUT2D eigenvalue weighted by molar-refractivity contribution is 5.96. The lowest BCUT2D eigenvalue weighted by molar-refractivity contribution is -0.169. The summed E-state index contributed by atoms with van der Waals surface area (Å²) in [5.74, 6) is 0.397. The summed E-state index contributed by atoms with van der Waals surface area (Å²) in [7, 11) is 6.79. The van der Waals surface area contributed by atoms with Crippen molar-refractivity contribution in [1.82, 2.24) is 19.8 Å². The number of aromatic amines is 1. The monoisotopic (exact) mass is 734 g/mol. The zero-order chi connectivity index (χ0) is 37.7. The fraction of sp³-hybridized carbons (Fsp3) is 0.545. The van der Waals surface area contributed by atoms with Crippen LogP contribution < -0.4 is 10.1 Å². The van der Waals surface area contributed by atoms with E-state index in [0.29, 0.717) is 31.2 Å². The van der Waals surface area contributed by atoms with E-state index in [1.54, 1.807) is 14.2 Å². The van der Waals surface area contributed by atoms with Gasteiger partial charge in [-0.05, 0) is 93.8 Å². The van der Waals surface area contributed by atoms with Crippen LogP contribution in [0.5, 0.6) is 5.75 Å². The number of rotatable bonds is 6. The summed E-state index contributed by atoms with van der Waals surface area (Å²) in [4.78, 5) is 34.9. The molecule has 0 radical (unpaired) electrons. The highest BCUT2D eigenvalue weighted by Gasteiger charge is 2.62. The van der Waals surface area contributed by atoms with Gasteiger partial charge < -0.3 is 34.2 Å². The molecule has 8 atom stereocenters. The number of carbonyl (C=O) groups excluding carboxylic acids is 2. The molecule has 286 valence electrons. The fourth-order valence-electron chi connectivity index (χ4n) is 12.6. The fourth-order valence-corrected chi connectivity index (χ4v) is 12.6. The SMILES string of the molecule is CC=C1CN(C)C2Cc3c([nH]c4ccccc34)C(c3c(OC)ccc4c5c6n(c34)CC3CC(CC)C(NCC5)C6(C(=O)OC)C3)CC1C2(CO)C(=O)OC. The molecule has 10 nitrogen and oxygen atoms in total. The number of H-pyrrole nitrogens is 1. The third kappa shape index (κ3) is 4.56. The van der Waals surface area contributed by atoms with Crippen LogP contribution in [0.15, 0.2) is 48.0 Å². The van der Waals surface area contributed by atoms with Gasteiger partial charge in [-0.1, -0.05) is 43.2 Å². The molecule has 5 heterocycles. The molecule has 3 N–H and O–H groups in total. The molecule has 54 heavy (non-hydrogen) atoms. The van der Waals surface area contributed by atoms with Crippen LogP contribution in [0.4, 0.5) is 0 Å². The van der Waals surface area contributed by atoms with E-state index >= 15 is 0 Å². The van der Waals surface area contributed by atoms with Gasteiger partial charge in [-0.25, -0.2) is 0 Å². The second-order valence-electron chi connectivity index (χ2n) is 16.7. The Hall–Kier alpha value is -4.12. The Morgan fingerprint density at radius 1 is 1.04 bits per heavy atom. The maximum atomic E-state index is 14.4. The Morgan fingerprint density at radius 3 is 2.56 bits per heavy atom. The standard InChI is InChI=1S/C44H54N4O6/c1-7-25-17-24-20-43(41(50)53-5)39(25)45-16-15-29-28-13-14-34(52-4)36(38(28)48(21-24)40(29)43)31-18-32-26(8-2)22-47(3)35(44(32,23-49)42(51)54-6)19-30-27-11-9-10-12-33(27)46-37(30)31/h8-14,24-25,31-32,35,39,45-46,49H,7,15-23H2,1-6H3. The van der Waals surface area contributed by atoms with Crippen molar-refractivity contribution in [3.63, 3.8) is 0 Å². The number of fused-ring (bicyclic) bond motifs is 9. The Labute approximate surface area is 317 Å². The van der Waals surface area contributed by atoms with Crippen molar-refractivity contribution >= 4 is 33.7 Å². The summed E-state index contributed by atoms with van der Waals surface area (Å²) in [5.41, 5.74) is 6.96. The Morgan fingerprint density at radius 2 is 1.83 bits per heavy atom. The van der Waals surface area contributed by atoms with Gasteiger partial charge in [0.1, 0.15) is 16.6 Å². The van der Waals surface area contributed by atoms with Gasteiger partial charge >= 0.3 is 11.9 Å². The zero-order valence-electron chi connectivity index (χ0n) is 32.5. The highest BCUT2D eigenvalue weighted by atomic mass is 16.5. The minimum atomic E-state index is -1.19. The number of ether oxygens (including phenoxy) is 3. The number of para-hydroxylation sites is 1. The average Bonchev–Trinajstić information content (AvgIpc) is 3.63. The maximum Gasteiger partial charge on any atom is 0.319 e. The minimum Gasteiger partial charge on any atom is -0.496 e. The summed E-state index contributed by atoms with van der Waals surface area (Å²) in [6, 6.07) is 12.4. The molecule has 4 aromatic rings. The number of likely N-dealkylation sites (N-methyl/N-ethyl adjacent to an activating group) is 1. The van der Waals surface area contributed by atoms with E-state index in [0.717, 1.165) is 94.4 Å². The van der Waals surface area contributed by atoms with Gasteiger partial charge in [0.25, 0.3) is 0 Å². The number of aromatic nitrogens is 2. The molecular weight excluding hydrogens is 681 g/mol. The predicted octanol–water partition coefficient (Wildman–Crippen LogP) is 5.61. The van der Waals surface area contributed by atoms with Crippen LogP contribution >= 0.6 is 0 Å². The van der Waals surface area contributed by atoms with Gasteiger partial charge in [0.2, 0.25) is 0 Å². The minimum absolute atomic E-state index is 0.0125. The first-order chi connectivity index (χ1) is 26.2. The first-order valence-electron chi connectivity index (χ1n) is 19.9. The van der Waals surface area contributed by atoms with Crippen LogP contribution in [-0.4, -0.2) is 91.7 Å². The molecule has 2 aromatic heterocycles. The van der Waals surface area contributed by atoms with Crippen LogP contribution in [-0.2, 0) is 43.9 Å². The number of hydrogen-bond donors (Lipinski definition) is 3. The van der Waals surface area contributed by atoms with Crippen molar-refractivity contribution in [2.45, 2.75) is 82.3 Å². The summed E-state index contributed by atoms with van der Waals surface area (Å²) in [6.07, 6.45) is 6.89. The molecule has 5 aliphatic rings. The summed E-state index contributed by atoms with van der Waals surface area (Å²) in [5, 5.41) is 17.7. The van der Waals surface area contributed by atoms with Crippen LogP contribution in [0.1, 0.15) is 73.5 Å². The Balaban J connectivity index is 1.39. The molecule has 0 amide bonds. The Kier molecular flexibility index (Phi) is 8.56. The molecule has 8 unspecified atom stereocenters. The van der Waals surface area contributed by atoms with Crippen molar-refractivity contribution in [2.24, 2.45) is 23.2 Å². The van der Waals surface area contributed by atoms with E-state index in [1.165, 1.54) is 12.7 Å². The van der Waals surface area contributed by atoms with Crippen molar-refractivity contribution in [3.8, 4) is 5.75 Å². The second-order valence-corrected chi connectivity index (χ2v) is 16.7. The average molecular weight is 735 g/mol. The van der Waals surface area contributed by atoms with E-state index < -0.39 is 10.8 Å². The summed E-state index contributed by atoms with van der Waals surface area (Å²) >= 11 is 0. The lowest BCUT2D eigenvalue weighted by Gasteiger charge is -2.54. The molecular formula is C44H54N4O6. The number of methoxy groups -OCH3 is 3. The number of benzene rings is 2. The lowest BCUT2D eigenvalue weighted by Crippen LogP contribution is -2.63. The number of hydrogen-bond acceptors (Lipinski definition) is 8. The summed E-state index contributed by atoms with van der Waals surface area (Å²) in [6.45, 7) is 6.26. The Bertz CT molecular complexity index is 2200. The van der Waals surface area contributed by atoms with Gasteiger partial charge in [0.15, 0.2) is 0 Å². The molecule has 2 aliphatic carbocycles. The van der Waals surface area contributed by atoms with Crippen molar-refractivity contribution in [1.29, 1.82) is 0 Å². The zero-order valence-corrected chi connectivity index (χ0v) is 32.5. The normalized spacial score (nSPS) is 32.5. The third-order valence-electron chi connectivity index (χ3n) is 14.7. The smallest absolute Gasteiger partial charge is 0.319 e. The topological polar surface area (TPSA) is 118 Å². The third-order valence-corrected chi connectivity index (χ3v) is 14.7. The first kappa shape index (κ1) is 35.6. The van der Waals surface area contributed by atoms with E-state index in [1.807, 2.05) is 6.92 Å². The molecule has 1 saturated carbocycles. The van der Waals surface area contributed by atoms with Crippen LogP contribution in [0.3, 0.4) is 0 Å². The molecule has 1 saturated heterocycles. The van der Waals surface area contributed by atoms with Gasteiger partial charge in [-0.2, -0.15) is 0 Å². The number of nitrogens with zero attached hydrogens (tertiary/aromatic N) is 2. The number of esters is 2. The molecule has 0 spiro atoms. The van der Waals surface area contributed by atoms with Gasteiger partial charge in [-0.3, -0.25) is 14.5 Å². The van der Waals surface area contributed by atoms with Crippen LogP contribution in [0, 0.1) is 23.2 Å². The number of nitrogens with one attached hydrogen (secondary N) is 2. The van der Waals surface area contributed by atoms with Crippen molar-refractivity contribution < 1.29 is 28.9 Å². The van der Waals surface area contributed by atoms with Gasteiger partial charge in [-0.15, -0.1) is 0 Å². The number of allylic oxidation sites excluding steroid dienone is 1. The highest BCUT2D eigenvalue weighted by Crippen LogP contribution is 2.58. The molecule has 3 aliphatic heterocycles. The number of aliphatic hydroxyl groups excluding tert-OH is 1. The quantitative estimate of drug-likeness (QED) is 0.173. The molecule has 10 heteroatoms. The lowest BCUT2D eigenvalue weighted by atomic mass is 9.58. The summed E-state index contributed by atoms with van der Waals surface area (Å²) < 4.78 is 20.3. The first-order valence-corrected chi connectivity index (χ1v) is 19.9. The largest absolute Gasteiger partial charge is 0.496 e. The number of piperidine rings is 1. The van der Waals surface area contributed by atoms with E-state index in [-0.39, 0.29) is 42.5 Å². The second kappa shape index (κ2) is 13.0. The number of carbonyl (C=O) groups is 2. The molecule has 2 aromatic carbocycles. The van der Waals surface area contributed by atoms with Gasteiger partial charge in [0.05, 0.1) is 33.5 Å². The van der Waals surface area contributed by atoms with Gasteiger partial charge in [0, 0.05) is 70.2 Å². The number of aliphatic hydroxyl groups is 1.